The topological polar surface area (TPSA) is 117 Å². The number of anilines is 1. The van der Waals surface area contributed by atoms with Crippen LogP contribution in [0, 0.1) is 17.0 Å². The number of nitrogens with one attached hydrogen (secondary N) is 1. The Morgan fingerprint density at radius 3 is 2.67 bits per heavy atom. The van der Waals surface area contributed by atoms with Crippen molar-refractivity contribution in [1.82, 2.24) is 0 Å². The van der Waals surface area contributed by atoms with E-state index >= 15 is 0 Å². The first kappa shape index (κ1) is 21.3. The lowest BCUT2D eigenvalue weighted by Crippen LogP contribution is -2.22. The molecule has 1 fully saturated rings. The van der Waals surface area contributed by atoms with Crippen LogP contribution >= 0.6 is 0 Å². The minimum atomic E-state index is -0.685. The number of nitro benzene ring substituents is 1. The van der Waals surface area contributed by atoms with Crippen LogP contribution in [0.15, 0.2) is 42.5 Å². The van der Waals surface area contributed by atoms with Gasteiger partial charge in [-0.25, -0.2) is 4.79 Å². The van der Waals surface area contributed by atoms with Gasteiger partial charge in [0.25, 0.3) is 11.6 Å². The number of nitrogens with zero attached hydrogens (tertiary/aromatic N) is 1. The van der Waals surface area contributed by atoms with Crippen LogP contribution < -0.4 is 10.1 Å². The Hall–Kier alpha value is -3.46. The number of hydrogen-bond donors (Lipinski definition) is 1. The van der Waals surface area contributed by atoms with Gasteiger partial charge >= 0.3 is 5.97 Å². The fourth-order valence-electron chi connectivity index (χ4n) is 3.01. The second-order valence-corrected chi connectivity index (χ2v) is 6.82. The fraction of sp³-hybridized carbons (Fsp3) is 0.333. The summed E-state index contributed by atoms with van der Waals surface area (Å²) in [4.78, 5) is 34.8. The summed E-state index contributed by atoms with van der Waals surface area (Å²) >= 11 is 0. The highest BCUT2D eigenvalue weighted by molar-refractivity contribution is 5.97. The number of para-hydroxylation sites is 1. The van der Waals surface area contributed by atoms with Crippen molar-refractivity contribution in [2.75, 3.05) is 25.1 Å². The number of aryl methyl sites for hydroxylation is 1. The van der Waals surface area contributed by atoms with Gasteiger partial charge in [0.05, 0.1) is 16.6 Å². The standard InChI is InChI=1S/C21H22N2O7/c1-14-4-2-6-18(23(26)27)20(14)22-19(24)13-30-21(25)15-7-9-16(10-8-15)29-12-17-5-3-11-28-17/h2,4,6-10,17H,3,5,11-13H2,1H3,(H,22,24)/t17-/m0/s1. The Morgan fingerprint density at radius 1 is 1.23 bits per heavy atom. The van der Waals surface area contributed by atoms with Gasteiger partial charge in [-0.15, -0.1) is 0 Å². The van der Waals surface area contributed by atoms with E-state index in [1.807, 2.05) is 0 Å². The molecule has 0 unspecified atom stereocenters. The van der Waals surface area contributed by atoms with Crippen LogP contribution in [0.4, 0.5) is 11.4 Å². The Bertz CT molecular complexity index is 921. The summed E-state index contributed by atoms with van der Waals surface area (Å²) in [7, 11) is 0. The minimum absolute atomic E-state index is 0.0799. The lowest BCUT2D eigenvalue weighted by atomic mass is 10.1. The first-order chi connectivity index (χ1) is 14.4. The number of ether oxygens (including phenoxy) is 3. The second kappa shape index (κ2) is 9.84. The molecule has 0 aliphatic carbocycles. The molecule has 0 aromatic heterocycles. The van der Waals surface area contributed by atoms with E-state index in [2.05, 4.69) is 5.32 Å². The normalized spacial score (nSPS) is 15.4. The van der Waals surface area contributed by atoms with Crippen LogP contribution in [0.25, 0.3) is 0 Å². The van der Waals surface area contributed by atoms with Gasteiger partial charge in [-0.05, 0) is 49.6 Å². The molecular weight excluding hydrogens is 392 g/mol. The second-order valence-electron chi connectivity index (χ2n) is 6.82. The number of carbonyl (C=O) groups excluding carboxylic acids is 2. The van der Waals surface area contributed by atoms with Gasteiger partial charge in [0.1, 0.15) is 18.0 Å². The van der Waals surface area contributed by atoms with Crippen LogP contribution in [-0.4, -0.2) is 42.7 Å². The van der Waals surface area contributed by atoms with E-state index in [1.165, 1.54) is 24.3 Å². The van der Waals surface area contributed by atoms with Gasteiger partial charge in [0.15, 0.2) is 6.61 Å². The van der Waals surface area contributed by atoms with E-state index < -0.39 is 23.4 Å². The van der Waals surface area contributed by atoms with E-state index in [9.17, 15) is 19.7 Å². The van der Waals surface area contributed by atoms with Crippen molar-refractivity contribution in [3.05, 3.63) is 63.7 Å². The molecule has 0 bridgehead atoms. The third-order valence-corrected chi connectivity index (χ3v) is 4.60. The maximum atomic E-state index is 12.2. The number of amides is 1. The van der Waals surface area contributed by atoms with Gasteiger partial charge in [0.2, 0.25) is 0 Å². The van der Waals surface area contributed by atoms with Crippen LogP contribution in [0.1, 0.15) is 28.8 Å². The molecule has 3 rings (SSSR count). The summed E-state index contributed by atoms with van der Waals surface area (Å²) in [5, 5.41) is 13.5. The molecule has 9 nitrogen and oxygen atoms in total. The van der Waals surface area contributed by atoms with Crippen molar-refractivity contribution in [2.24, 2.45) is 0 Å². The average Bonchev–Trinajstić information content (AvgIpc) is 3.26. The van der Waals surface area contributed by atoms with E-state index in [0.717, 1.165) is 19.4 Å². The van der Waals surface area contributed by atoms with Crippen molar-refractivity contribution < 1.29 is 28.7 Å². The highest BCUT2D eigenvalue weighted by Gasteiger charge is 2.19. The third-order valence-electron chi connectivity index (χ3n) is 4.60. The summed E-state index contributed by atoms with van der Waals surface area (Å²) in [6.45, 7) is 2.28. The maximum absolute atomic E-state index is 12.2. The molecule has 1 amide bonds. The van der Waals surface area contributed by atoms with Crippen LogP contribution in [0.3, 0.4) is 0 Å². The smallest absolute Gasteiger partial charge is 0.338 e. The Morgan fingerprint density at radius 2 is 2.00 bits per heavy atom. The number of carbonyl (C=O) groups is 2. The first-order valence-corrected chi connectivity index (χ1v) is 9.49. The molecule has 2 aromatic carbocycles. The van der Waals surface area contributed by atoms with E-state index in [1.54, 1.807) is 25.1 Å². The Kier molecular flexibility index (Phi) is 6.97. The van der Waals surface area contributed by atoms with Crippen molar-refractivity contribution in [2.45, 2.75) is 25.9 Å². The number of benzene rings is 2. The predicted molar refractivity (Wildman–Crippen MR) is 108 cm³/mol. The zero-order chi connectivity index (χ0) is 21.5. The van der Waals surface area contributed by atoms with Crippen molar-refractivity contribution in [3.8, 4) is 5.75 Å². The lowest BCUT2D eigenvalue weighted by Gasteiger charge is -2.12. The molecule has 1 aliphatic rings. The molecule has 158 valence electrons. The van der Waals surface area contributed by atoms with E-state index in [-0.39, 0.29) is 23.0 Å². The largest absolute Gasteiger partial charge is 0.491 e. The summed E-state index contributed by atoms with van der Waals surface area (Å²) in [5.41, 5.74) is 0.640. The van der Waals surface area contributed by atoms with E-state index in [0.29, 0.717) is 17.9 Å². The minimum Gasteiger partial charge on any atom is -0.491 e. The lowest BCUT2D eigenvalue weighted by molar-refractivity contribution is -0.384. The van der Waals surface area contributed by atoms with E-state index in [4.69, 9.17) is 14.2 Å². The van der Waals surface area contributed by atoms with Gasteiger partial charge in [-0.2, -0.15) is 0 Å². The zero-order valence-electron chi connectivity index (χ0n) is 16.5. The zero-order valence-corrected chi connectivity index (χ0v) is 16.5. The SMILES string of the molecule is Cc1cccc([N+](=O)[O-])c1NC(=O)COC(=O)c1ccc(OC[C@@H]2CCCO2)cc1. The highest BCUT2D eigenvalue weighted by Crippen LogP contribution is 2.27. The summed E-state index contributed by atoms with van der Waals surface area (Å²) in [6.07, 6.45) is 2.10. The van der Waals surface area contributed by atoms with Gasteiger partial charge in [-0.3, -0.25) is 14.9 Å². The third kappa shape index (κ3) is 5.54. The van der Waals surface area contributed by atoms with Crippen molar-refractivity contribution in [1.29, 1.82) is 0 Å². The maximum Gasteiger partial charge on any atom is 0.338 e. The van der Waals surface area contributed by atoms with Gasteiger partial charge < -0.3 is 19.5 Å². The molecule has 1 N–H and O–H groups in total. The summed E-state index contributed by atoms with van der Waals surface area (Å²) < 4.78 is 16.1. The van der Waals surface area contributed by atoms with Crippen LogP contribution in [0.2, 0.25) is 0 Å². The molecule has 30 heavy (non-hydrogen) atoms. The molecule has 1 aliphatic heterocycles. The summed E-state index contributed by atoms with van der Waals surface area (Å²) in [5.74, 6) is -0.751. The number of hydrogen-bond acceptors (Lipinski definition) is 7. The number of nitro groups is 1. The van der Waals surface area contributed by atoms with Crippen LogP contribution in [0.5, 0.6) is 5.75 Å². The van der Waals surface area contributed by atoms with Crippen molar-refractivity contribution >= 4 is 23.3 Å². The fourth-order valence-corrected chi connectivity index (χ4v) is 3.01. The molecular formula is C21H22N2O7. The predicted octanol–water partition coefficient (Wildman–Crippen LogP) is 3.26. The quantitative estimate of drug-likeness (QED) is 0.400. The molecule has 0 saturated carbocycles. The molecule has 2 aromatic rings. The molecule has 9 heteroatoms. The molecule has 1 heterocycles. The molecule has 1 saturated heterocycles. The highest BCUT2D eigenvalue weighted by atomic mass is 16.6. The van der Waals surface area contributed by atoms with Gasteiger partial charge in [0, 0.05) is 12.7 Å². The Labute approximate surface area is 173 Å². The Balaban J connectivity index is 1.50. The van der Waals surface area contributed by atoms with Crippen molar-refractivity contribution in [3.63, 3.8) is 0 Å². The first-order valence-electron chi connectivity index (χ1n) is 9.49. The summed E-state index contributed by atoms with van der Waals surface area (Å²) in [6, 6.07) is 10.8. The monoisotopic (exact) mass is 414 g/mol. The number of esters is 1. The average molecular weight is 414 g/mol. The molecule has 0 radical (unpaired) electrons. The molecule has 1 atom stereocenters. The number of rotatable bonds is 8. The van der Waals surface area contributed by atoms with Crippen LogP contribution in [-0.2, 0) is 14.3 Å². The molecule has 0 spiro atoms. The van der Waals surface area contributed by atoms with Gasteiger partial charge in [-0.1, -0.05) is 12.1 Å².